The smallest absolute Gasteiger partial charge is 0.339 e. The number of carbonyl (C=O) groups is 4. The van der Waals surface area contributed by atoms with Crippen LogP contribution in [0, 0.1) is 0 Å². The molecule has 22 heteroatoms. The van der Waals surface area contributed by atoms with E-state index < -0.39 is 152 Å². The number of phenols is 12. The molecule has 0 spiro atoms. The number of esters is 4. The molecule has 1 saturated heterocycles. The Morgan fingerprint density at radius 3 is 1.02 bits per heavy atom. The first kappa shape index (κ1) is 39.5. The Kier molecular flexibility index (Phi) is 10.8. The first-order valence-corrected chi connectivity index (χ1v) is 15.4. The molecule has 5 rings (SSSR count). The van der Waals surface area contributed by atoms with E-state index in [1.807, 2.05) is 0 Å². The van der Waals surface area contributed by atoms with Crippen LogP contribution in [-0.4, -0.2) is 128 Å². The molecule has 56 heavy (non-hydrogen) atoms. The maximum Gasteiger partial charge on any atom is 0.339 e. The van der Waals surface area contributed by atoms with Gasteiger partial charge in [0.25, 0.3) is 0 Å². The van der Waals surface area contributed by atoms with Crippen molar-refractivity contribution in [1.82, 2.24) is 0 Å². The van der Waals surface area contributed by atoms with Crippen molar-refractivity contribution >= 4 is 23.9 Å². The van der Waals surface area contributed by atoms with Crippen molar-refractivity contribution in [3.8, 4) is 69.0 Å². The summed E-state index contributed by atoms with van der Waals surface area (Å²) in [7, 11) is 0. The Morgan fingerprint density at radius 1 is 0.429 bits per heavy atom. The van der Waals surface area contributed by atoms with Gasteiger partial charge in [0.1, 0.15) is 12.7 Å². The molecule has 5 atom stereocenters. The second-order valence-electron chi connectivity index (χ2n) is 11.7. The number of ether oxygens (including phenoxy) is 5. The Labute approximate surface area is 310 Å². The molecule has 13 N–H and O–H groups in total. The minimum absolute atomic E-state index is 0.570. The largest absolute Gasteiger partial charge is 0.504 e. The molecule has 0 aromatic heterocycles. The van der Waals surface area contributed by atoms with Crippen LogP contribution in [0.2, 0.25) is 0 Å². The lowest BCUT2D eigenvalue weighted by atomic mass is 9.97. The van der Waals surface area contributed by atoms with Crippen LogP contribution in [0.3, 0.4) is 0 Å². The zero-order chi connectivity index (χ0) is 41.3. The second kappa shape index (κ2) is 15.3. The summed E-state index contributed by atoms with van der Waals surface area (Å²) in [4.78, 5) is 53.1. The van der Waals surface area contributed by atoms with Crippen molar-refractivity contribution in [3.05, 3.63) is 70.8 Å². The molecule has 0 amide bonds. The van der Waals surface area contributed by atoms with E-state index in [9.17, 15) is 85.6 Å². The number of aliphatic hydroxyl groups excluding tert-OH is 1. The molecule has 1 fully saturated rings. The third-order valence-corrected chi connectivity index (χ3v) is 7.94. The van der Waals surface area contributed by atoms with Crippen LogP contribution in [0.15, 0.2) is 48.5 Å². The third kappa shape index (κ3) is 7.95. The third-order valence-electron chi connectivity index (χ3n) is 7.94. The van der Waals surface area contributed by atoms with Gasteiger partial charge in [0.15, 0.2) is 93.6 Å². The van der Waals surface area contributed by atoms with Gasteiger partial charge in [-0.05, 0) is 48.5 Å². The van der Waals surface area contributed by atoms with Gasteiger partial charge < -0.3 is 90.1 Å². The highest BCUT2D eigenvalue weighted by Gasteiger charge is 2.53. The highest BCUT2D eigenvalue weighted by atomic mass is 16.7. The highest BCUT2D eigenvalue weighted by molar-refractivity contribution is 5.93. The maximum atomic E-state index is 13.5. The number of hydrogen-bond donors (Lipinski definition) is 13. The Balaban J connectivity index is 1.57. The van der Waals surface area contributed by atoms with Gasteiger partial charge in [-0.15, -0.1) is 0 Å². The molecule has 0 saturated carbocycles. The predicted octanol–water partition coefficient (Wildman–Crippen LogP) is 0.705. The Morgan fingerprint density at radius 2 is 0.696 bits per heavy atom. The van der Waals surface area contributed by atoms with Gasteiger partial charge in [-0.2, -0.15) is 0 Å². The minimum atomic E-state index is -2.43. The molecule has 1 aliphatic rings. The zero-order valence-electron chi connectivity index (χ0n) is 27.7. The van der Waals surface area contributed by atoms with Crippen LogP contribution in [0.25, 0.3) is 0 Å². The van der Waals surface area contributed by atoms with Crippen LogP contribution in [-0.2, 0) is 23.7 Å². The van der Waals surface area contributed by atoms with Crippen molar-refractivity contribution in [2.75, 3.05) is 6.61 Å². The number of carbonyl (C=O) groups excluding carboxylic acids is 4. The Bertz CT molecular complexity index is 2140. The first-order valence-electron chi connectivity index (χ1n) is 15.4. The molecule has 0 aliphatic carbocycles. The van der Waals surface area contributed by atoms with E-state index in [2.05, 4.69) is 0 Å². The number of hydrogen-bond acceptors (Lipinski definition) is 22. The zero-order valence-corrected chi connectivity index (χ0v) is 27.7. The van der Waals surface area contributed by atoms with Gasteiger partial charge in [0.2, 0.25) is 0 Å². The van der Waals surface area contributed by atoms with E-state index in [4.69, 9.17) is 23.7 Å². The van der Waals surface area contributed by atoms with E-state index >= 15 is 0 Å². The number of rotatable bonds is 9. The summed E-state index contributed by atoms with van der Waals surface area (Å²) in [5.41, 5.74) is -2.68. The fourth-order valence-electron chi connectivity index (χ4n) is 5.14. The minimum Gasteiger partial charge on any atom is -0.504 e. The van der Waals surface area contributed by atoms with E-state index in [1.54, 1.807) is 0 Å². The molecule has 1 heterocycles. The van der Waals surface area contributed by atoms with Crippen LogP contribution >= 0.6 is 0 Å². The molecule has 4 aromatic carbocycles. The molecule has 4 aromatic rings. The fourth-order valence-corrected chi connectivity index (χ4v) is 5.14. The molecule has 2 unspecified atom stereocenters. The average Bonchev–Trinajstić information content (AvgIpc) is 3.14. The second-order valence-corrected chi connectivity index (χ2v) is 11.7. The molecule has 1 aliphatic heterocycles. The maximum absolute atomic E-state index is 13.5. The monoisotopic (exact) mass is 788 g/mol. The topological polar surface area (TPSA) is 377 Å². The summed E-state index contributed by atoms with van der Waals surface area (Å²) in [5.74, 6) is -18.2. The van der Waals surface area contributed by atoms with Crippen LogP contribution in [0.4, 0.5) is 0 Å². The molecular formula is C34H28O22. The van der Waals surface area contributed by atoms with Gasteiger partial charge in [0.05, 0.1) is 22.3 Å². The highest BCUT2D eigenvalue weighted by Crippen LogP contribution is 2.40. The van der Waals surface area contributed by atoms with Gasteiger partial charge in [-0.25, -0.2) is 19.2 Å². The normalized spacial score (nSPS) is 19.1. The van der Waals surface area contributed by atoms with Crippen LogP contribution in [0.1, 0.15) is 41.4 Å². The van der Waals surface area contributed by atoms with E-state index in [-0.39, 0.29) is 0 Å². The van der Waals surface area contributed by atoms with E-state index in [0.717, 1.165) is 0 Å². The van der Waals surface area contributed by atoms with Gasteiger partial charge >= 0.3 is 23.9 Å². The SMILES string of the molecule is O=C(OC[C@H]1OC(O)[C@H](OC(=O)c2cc(O)c(O)c(O)c2)[C@@H](OC(=O)c2cc(O)c(O)c(O)c2)C1OC(=O)c1cc(O)c(O)c(O)c1)c1cc(O)c(O)c(O)c1. The Hall–Kier alpha value is -7.72. The summed E-state index contributed by atoms with van der Waals surface area (Å²) in [6.45, 7) is -1.09. The molecule has 22 nitrogen and oxygen atoms in total. The van der Waals surface area contributed by atoms with Crippen molar-refractivity contribution in [1.29, 1.82) is 0 Å². The lowest BCUT2D eigenvalue weighted by molar-refractivity contribution is -0.284. The number of phenolic OH excluding ortho intramolecular Hbond substituents is 12. The summed E-state index contributed by atoms with van der Waals surface area (Å²) in [6, 6.07) is 4.99. The average molecular weight is 789 g/mol. The van der Waals surface area contributed by atoms with E-state index in [0.29, 0.717) is 48.5 Å². The lowest BCUT2D eigenvalue weighted by Gasteiger charge is -2.42. The summed E-state index contributed by atoms with van der Waals surface area (Å²) < 4.78 is 26.8. The van der Waals surface area contributed by atoms with Crippen LogP contribution < -0.4 is 0 Å². The van der Waals surface area contributed by atoms with Crippen LogP contribution in [0.5, 0.6) is 69.0 Å². The van der Waals surface area contributed by atoms with E-state index in [1.165, 1.54) is 0 Å². The summed E-state index contributed by atoms with van der Waals surface area (Å²) >= 11 is 0. The number of aliphatic hydroxyl groups is 1. The van der Waals surface area contributed by atoms with Crippen molar-refractivity contribution < 1.29 is 109 Å². The van der Waals surface area contributed by atoms with Gasteiger partial charge in [-0.1, -0.05) is 0 Å². The molecular weight excluding hydrogens is 760 g/mol. The first-order chi connectivity index (χ1) is 26.3. The fraction of sp³-hybridized carbons (Fsp3) is 0.176. The van der Waals surface area contributed by atoms with Gasteiger partial charge in [-0.3, -0.25) is 0 Å². The van der Waals surface area contributed by atoms with Crippen molar-refractivity contribution in [2.24, 2.45) is 0 Å². The molecule has 0 radical (unpaired) electrons. The number of benzene rings is 4. The molecule has 296 valence electrons. The van der Waals surface area contributed by atoms with Crippen molar-refractivity contribution in [2.45, 2.75) is 30.7 Å². The predicted molar refractivity (Wildman–Crippen MR) is 175 cm³/mol. The standard InChI is InChI=1S/C34H28O22/c35-14-1-10(2-15(36)23(14)43)30(47)52-9-22-27(54-31(48)11-3-16(37)24(44)17(38)4-11)28(55-32(49)12-5-18(39)25(45)19(40)6-12)29(34(51)53-22)56-33(50)13-7-20(41)26(46)21(42)8-13/h1-8,22,27-29,34-46,51H,9H2/t22-,27?,28+,29-,34?/m1/s1. The van der Waals surface area contributed by atoms with Crippen molar-refractivity contribution in [3.63, 3.8) is 0 Å². The summed E-state index contributed by atoms with van der Waals surface area (Å²) in [6.07, 6.45) is -11.2. The van der Waals surface area contributed by atoms with Gasteiger partial charge in [0, 0.05) is 0 Å². The lowest BCUT2D eigenvalue weighted by Crippen LogP contribution is -2.62. The quantitative estimate of drug-likeness (QED) is 0.0630. The number of aromatic hydroxyl groups is 12. The molecule has 0 bridgehead atoms. The summed E-state index contributed by atoms with van der Waals surface area (Å²) in [5, 5.41) is 129.